The Balaban J connectivity index is 1.95. The van der Waals surface area contributed by atoms with Gasteiger partial charge in [-0.15, -0.1) is 0 Å². The quantitative estimate of drug-likeness (QED) is 0.689. The monoisotopic (exact) mass is 261 g/mol. The summed E-state index contributed by atoms with van der Waals surface area (Å²) in [6.45, 7) is 2.18. The Morgan fingerprint density at radius 2 is 1.65 bits per heavy atom. The van der Waals surface area contributed by atoms with Gasteiger partial charge in [0.15, 0.2) is 0 Å². The molecule has 0 atom stereocenters. The lowest BCUT2D eigenvalue weighted by atomic mass is 9.74. The van der Waals surface area contributed by atoms with Crippen LogP contribution in [0.15, 0.2) is 53.5 Å². The van der Waals surface area contributed by atoms with Crippen LogP contribution in [0.4, 0.5) is 5.69 Å². The fraction of sp³-hybridized carbons (Fsp3) is 0.316. The van der Waals surface area contributed by atoms with Crippen molar-refractivity contribution in [3.05, 3.63) is 65.2 Å². The largest absolute Gasteiger partial charge is 0.251 e. The average Bonchev–Trinajstić information content (AvgIpc) is 3.09. The molecular formula is C19H19N. The van der Waals surface area contributed by atoms with Crippen LogP contribution in [0.1, 0.15) is 42.4 Å². The molecule has 1 aliphatic carbocycles. The van der Waals surface area contributed by atoms with Crippen molar-refractivity contribution in [2.45, 2.75) is 38.0 Å². The SMILES string of the molecule is Cc1cccc2c1N=C(c1ccccc1)C21CCCC1. The molecule has 0 amide bonds. The van der Waals surface area contributed by atoms with Crippen LogP contribution in [0, 0.1) is 6.92 Å². The fourth-order valence-electron chi connectivity index (χ4n) is 3.96. The highest BCUT2D eigenvalue weighted by atomic mass is 14.8. The predicted octanol–water partition coefficient (Wildman–Crippen LogP) is 4.94. The molecule has 0 aromatic heterocycles. The van der Waals surface area contributed by atoms with E-state index >= 15 is 0 Å². The number of aryl methyl sites for hydroxylation is 1. The highest BCUT2D eigenvalue weighted by molar-refractivity contribution is 6.13. The number of aliphatic imine (C=N–C) groups is 1. The van der Waals surface area contributed by atoms with E-state index in [0.717, 1.165) is 0 Å². The van der Waals surface area contributed by atoms with Crippen LogP contribution in [-0.2, 0) is 5.41 Å². The molecule has 2 aliphatic rings. The van der Waals surface area contributed by atoms with Crippen molar-refractivity contribution in [2.24, 2.45) is 4.99 Å². The maximum absolute atomic E-state index is 5.07. The average molecular weight is 261 g/mol. The number of para-hydroxylation sites is 1. The molecule has 1 heterocycles. The zero-order valence-electron chi connectivity index (χ0n) is 11.9. The Morgan fingerprint density at radius 1 is 0.900 bits per heavy atom. The van der Waals surface area contributed by atoms with E-state index in [1.807, 2.05) is 0 Å². The van der Waals surface area contributed by atoms with Crippen LogP contribution in [0.3, 0.4) is 0 Å². The Bertz CT molecular complexity index is 676. The summed E-state index contributed by atoms with van der Waals surface area (Å²) in [4.78, 5) is 5.07. The molecule has 1 aliphatic heterocycles. The van der Waals surface area contributed by atoms with Gasteiger partial charge < -0.3 is 0 Å². The highest BCUT2D eigenvalue weighted by Gasteiger charge is 2.45. The van der Waals surface area contributed by atoms with Gasteiger partial charge >= 0.3 is 0 Å². The van der Waals surface area contributed by atoms with Crippen LogP contribution in [0.2, 0.25) is 0 Å². The first-order valence-electron chi connectivity index (χ1n) is 7.56. The molecule has 0 N–H and O–H groups in total. The third kappa shape index (κ3) is 1.53. The van der Waals surface area contributed by atoms with Crippen LogP contribution in [0.25, 0.3) is 0 Å². The third-order valence-corrected chi connectivity index (χ3v) is 4.93. The number of nitrogens with zero attached hydrogens (tertiary/aromatic N) is 1. The second kappa shape index (κ2) is 4.31. The molecule has 0 radical (unpaired) electrons. The van der Waals surface area contributed by atoms with Crippen molar-refractivity contribution in [2.75, 3.05) is 0 Å². The molecule has 4 rings (SSSR count). The van der Waals surface area contributed by atoms with Crippen molar-refractivity contribution in [1.29, 1.82) is 0 Å². The number of hydrogen-bond acceptors (Lipinski definition) is 1. The molecule has 1 saturated carbocycles. The molecule has 1 fully saturated rings. The minimum atomic E-state index is 0.183. The molecule has 100 valence electrons. The number of hydrogen-bond donors (Lipinski definition) is 0. The van der Waals surface area contributed by atoms with Gasteiger partial charge in [0.05, 0.1) is 11.4 Å². The predicted molar refractivity (Wildman–Crippen MR) is 84.0 cm³/mol. The van der Waals surface area contributed by atoms with Gasteiger partial charge in [0.1, 0.15) is 0 Å². The first-order chi connectivity index (χ1) is 9.81. The first kappa shape index (κ1) is 11.9. The van der Waals surface area contributed by atoms with E-state index in [4.69, 9.17) is 4.99 Å². The van der Waals surface area contributed by atoms with Crippen LogP contribution in [-0.4, -0.2) is 5.71 Å². The van der Waals surface area contributed by atoms with Gasteiger partial charge in [-0.25, -0.2) is 0 Å². The van der Waals surface area contributed by atoms with Gasteiger partial charge in [0.25, 0.3) is 0 Å². The Labute approximate surface area is 120 Å². The van der Waals surface area contributed by atoms with E-state index in [1.54, 1.807) is 0 Å². The number of benzene rings is 2. The Morgan fingerprint density at radius 3 is 2.40 bits per heavy atom. The van der Waals surface area contributed by atoms with Gasteiger partial charge in [-0.3, -0.25) is 4.99 Å². The zero-order chi connectivity index (χ0) is 13.6. The minimum absolute atomic E-state index is 0.183. The zero-order valence-corrected chi connectivity index (χ0v) is 11.9. The summed E-state index contributed by atoms with van der Waals surface area (Å²) in [5.41, 5.74) is 6.79. The Hall–Kier alpha value is -1.89. The first-order valence-corrected chi connectivity index (χ1v) is 7.56. The van der Waals surface area contributed by atoms with Gasteiger partial charge in [-0.2, -0.15) is 0 Å². The van der Waals surface area contributed by atoms with Gasteiger partial charge in [0.2, 0.25) is 0 Å². The second-order valence-electron chi connectivity index (χ2n) is 6.09. The summed E-state index contributed by atoms with van der Waals surface area (Å²) in [6.07, 6.45) is 5.13. The van der Waals surface area contributed by atoms with Crippen molar-refractivity contribution >= 4 is 11.4 Å². The topological polar surface area (TPSA) is 12.4 Å². The standard InChI is InChI=1S/C19H19N/c1-14-8-7-11-16-17(14)20-18(15-9-3-2-4-10-15)19(16)12-5-6-13-19/h2-4,7-11H,5-6,12-13H2,1H3. The van der Waals surface area contributed by atoms with Crippen LogP contribution >= 0.6 is 0 Å². The van der Waals surface area contributed by atoms with E-state index in [1.165, 1.54) is 53.8 Å². The van der Waals surface area contributed by atoms with E-state index in [9.17, 15) is 0 Å². The smallest absolute Gasteiger partial charge is 0.0704 e. The third-order valence-electron chi connectivity index (χ3n) is 4.93. The Kier molecular flexibility index (Phi) is 2.56. The summed E-state index contributed by atoms with van der Waals surface area (Å²) >= 11 is 0. The van der Waals surface area contributed by atoms with Crippen molar-refractivity contribution in [1.82, 2.24) is 0 Å². The summed E-state index contributed by atoms with van der Waals surface area (Å²) in [7, 11) is 0. The minimum Gasteiger partial charge on any atom is -0.251 e. The molecule has 1 spiro atoms. The van der Waals surface area contributed by atoms with Crippen molar-refractivity contribution in [3.8, 4) is 0 Å². The molecular weight excluding hydrogens is 242 g/mol. The van der Waals surface area contributed by atoms with Crippen LogP contribution in [0.5, 0.6) is 0 Å². The molecule has 20 heavy (non-hydrogen) atoms. The molecule has 0 bridgehead atoms. The van der Waals surface area contributed by atoms with Gasteiger partial charge in [-0.1, -0.05) is 61.4 Å². The summed E-state index contributed by atoms with van der Waals surface area (Å²) in [6, 6.07) is 17.4. The summed E-state index contributed by atoms with van der Waals surface area (Å²) in [5, 5.41) is 0. The van der Waals surface area contributed by atoms with E-state index in [2.05, 4.69) is 55.5 Å². The summed E-state index contributed by atoms with van der Waals surface area (Å²) < 4.78 is 0. The lowest BCUT2D eigenvalue weighted by molar-refractivity contribution is 0.613. The van der Waals surface area contributed by atoms with Crippen molar-refractivity contribution in [3.63, 3.8) is 0 Å². The van der Waals surface area contributed by atoms with Gasteiger partial charge in [-0.05, 0) is 36.5 Å². The molecule has 0 saturated heterocycles. The fourth-order valence-corrected chi connectivity index (χ4v) is 3.96. The molecule has 1 heteroatoms. The van der Waals surface area contributed by atoms with Crippen molar-refractivity contribution < 1.29 is 0 Å². The summed E-state index contributed by atoms with van der Waals surface area (Å²) in [5.74, 6) is 0. The molecule has 0 unspecified atom stereocenters. The normalized spacial score (nSPS) is 19.1. The lowest BCUT2D eigenvalue weighted by Crippen LogP contribution is -2.30. The van der Waals surface area contributed by atoms with E-state index < -0.39 is 0 Å². The molecule has 2 aromatic carbocycles. The van der Waals surface area contributed by atoms with Crippen LogP contribution < -0.4 is 0 Å². The van der Waals surface area contributed by atoms with E-state index in [-0.39, 0.29) is 5.41 Å². The second-order valence-corrected chi connectivity index (χ2v) is 6.09. The number of fused-ring (bicyclic) bond motifs is 2. The van der Waals surface area contributed by atoms with Gasteiger partial charge in [0, 0.05) is 5.41 Å². The molecule has 1 nitrogen and oxygen atoms in total. The maximum Gasteiger partial charge on any atom is 0.0704 e. The maximum atomic E-state index is 5.07. The lowest BCUT2D eigenvalue weighted by Gasteiger charge is -2.27. The molecule has 2 aromatic rings. The van der Waals surface area contributed by atoms with E-state index in [0.29, 0.717) is 0 Å². The highest BCUT2D eigenvalue weighted by Crippen LogP contribution is 2.52. The number of rotatable bonds is 1.